The van der Waals surface area contributed by atoms with E-state index in [1.807, 2.05) is 12.1 Å². The summed E-state index contributed by atoms with van der Waals surface area (Å²) in [6.07, 6.45) is 5.08. The van der Waals surface area contributed by atoms with Gasteiger partial charge >= 0.3 is 0 Å². The summed E-state index contributed by atoms with van der Waals surface area (Å²) in [6, 6.07) is 14.5. The van der Waals surface area contributed by atoms with Crippen LogP contribution < -0.4 is 0 Å². The predicted octanol–water partition coefficient (Wildman–Crippen LogP) is 6.05. The van der Waals surface area contributed by atoms with E-state index in [9.17, 15) is 4.79 Å². The number of ketones is 1. The van der Waals surface area contributed by atoms with Gasteiger partial charge in [0.25, 0.3) is 0 Å². The second-order valence-electron chi connectivity index (χ2n) is 8.41. The maximum absolute atomic E-state index is 13.6. The monoisotopic (exact) mass is 487 g/mol. The van der Waals surface area contributed by atoms with E-state index in [1.54, 1.807) is 0 Å². The Bertz CT molecular complexity index is 809. The molecular formula is C25H33ClNOY+. The van der Waals surface area contributed by atoms with E-state index >= 15 is 0 Å². The molecule has 29 heavy (non-hydrogen) atoms. The number of hydrogen-bond donors (Lipinski definition) is 0. The van der Waals surface area contributed by atoms with Crippen LogP contribution in [0.4, 0.5) is 0 Å². The van der Waals surface area contributed by atoms with Gasteiger partial charge in [0.05, 0.1) is 13.1 Å². The number of Topliss-reactive ketones (excluding diaryl/α,β-unsaturated/α-hetero) is 1. The van der Waals surface area contributed by atoms with E-state index in [0.717, 1.165) is 35.6 Å². The molecule has 1 atom stereocenters. The van der Waals surface area contributed by atoms with E-state index in [1.165, 1.54) is 41.5 Å². The Morgan fingerprint density at radius 1 is 1.00 bits per heavy atom. The summed E-state index contributed by atoms with van der Waals surface area (Å²) in [5, 5.41) is 0.822. The summed E-state index contributed by atoms with van der Waals surface area (Å²) in [7, 11) is 0. The Morgan fingerprint density at radius 3 is 2.21 bits per heavy atom. The van der Waals surface area contributed by atoms with Gasteiger partial charge in [-0.25, -0.2) is 0 Å². The van der Waals surface area contributed by atoms with Gasteiger partial charge in [0.15, 0.2) is 5.78 Å². The molecule has 1 aliphatic rings. The number of rotatable bonds is 7. The van der Waals surface area contributed by atoms with Gasteiger partial charge in [-0.3, -0.25) is 4.79 Å². The Kier molecular flexibility index (Phi) is 9.54. The average Bonchev–Trinajstić information content (AvgIpc) is 2.68. The Labute approximate surface area is 206 Å². The largest absolute Gasteiger partial charge is 0.311 e. The second-order valence-corrected chi connectivity index (χ2v) is 8.82. The van der Waals surface area contributed by atoms with Crippen LogP contribution in [-0.4, -0.2) is 29.4 Å². The predicted molar refractivity (Wildman–Crippen MR) is 118 cm³/mol. The minimum atomic E-state index is 0. The van der Waals surface area contributed by atoms with Crippen LogP contribution in [0.2, 0.25) is 5.02 Å². The second kappa shape index (κ2) is 11.2. The maximum Gasteiger partial charge on any atom is 0.194 e. The fourth-order valence-corrected chi connectivity index (χ4v) is 5.22. The summed E-state index contributed by atoms with van der Waals surface area (Å²) in [6.45, 7) is 9.41. The summed E-state index contributed by atoms with van der Waals surface area (Å²) in [4.78, 5) is 13.6. The average molecular weight is 488 g/mol. The van der Waals surface area contributed by atoms with Crippen molar-refractivity contribution in [1.29, 1.82) is 0 Å². The van der Waals surface area contributed by atoms with E-state index in [-0.39, 0.29) is 38.8 Å². The van der Waals surface area contributed by atoms with E-state index < -0.39 is 0 Å². The number of quaternary nitrogens is 1. The van der Waals surface area contributed by atoms with Crippen LogP contribution in [0.5, 0.6) is 0 Å². The molecule has 1 unspecified atom stereocenters. The molecule has 0 bridgehead atoms. The van der Waals surface area contributed by atoms with Crippen molar-refractivity contribution in [2.75, 3.05) is 13.1 Å². The molecule has 0 spiro atoms. The van der Waals surface area contributed by atoms with Gasteiger partial charge in [-0.2, -0.15) is 0 Å². The number of halogens is 1. The molecule has 2 aromatic carbocycles. The van der Waals surface area contributed by atoms with Crippen molar-refractivity contribution in [3.8, 4) is 0 Å². The molecule has 1 heterocycles. The van der Waals surface area contributed by atoms with Gasteiger partial charge in [0.1, 0.15) is 12.6 Å². The molecule has 0 N–H and O–H groups in total. The topological polar surface area (TPSA) is 17.1 Å². The number of carbonyl (C=O) groups is 1. The number of piperidine rings is 1. The molecule has 0 amide bonds. The number of nitrogens with zero attached hydrogens (tertiary/aromatic N) is 1. The van der Waals surface area contributed by atoms with Crippen LogP contribution in [0.25, 0.3) is 0 Å². The summed E-state index contributed by atoms with van der Waals surface area (Å²) < 4.78 is 0.865. The molecule has 1 fully saturated rings. The third kappa shape index (κ3) is 5.79. The first-order valence-corrected chi connectivity index (χ1v) is 11.0. The van der Waals surface area contributed by atoms with Gasteiger partial charge in [-0.1, -0.05) is 54.9 Å². The minimum absolute atomic E-state index is 0. The van der Waals surface area contributed by atoms with Crippen LogP contribution in [0.3, 0.4) is 0 Å². The van der Waals surface area contributed by atoms with Gasteiger partial charge < -0.3 is 4.48 Å². The Hall–Kier alpha value is -0.536. The number of likely N-dealkylation sites (tertiary alicyclic amines) is 1. The zero-order chi connectivity index (χ0) is 20.1. The maximum atomic E-state index is 13.6. The SMILES string of the molecule is CCC(C(=O)Cc1c(C)cccc1C)[N+]1(Cc2ccccc2Cl)CCCCC1.[Y]. The van der Waals surface area contributed by atoms with Crippen LogP contribution >= 0.6 is 11.6 Å². The Balaban J connectivity index is 0.00000300. The first-order valence-electron chi connectivity index (χ1n) is 10.6. The zero-order valence-corrected chi connectivity index (χ0v) is 21.7. The van der Waals surface area contributed by atoms with Crippen LogP contribution in [0.1, 0.15) is 54.9 Å². The van der Waals surface area contributed by atoms with Gasteiger partial charge in [0, 0.05) is 56.1 Å². The number of benzene rings is 2. The van der Waals surface area contributed by atoms with E-state index in [2.05, 4.69) is 51.1 Å². The van der Waals surface area contributed by atoms with Crippen molar-refractivity contribution >= 4 is 17.4 Å². The van der Waals surface area contributed by atoms with Crippen molar-refractivity contribution in [3.05, 3.63) is 69.7 Å². The van der Waals surface area contributed by atoms with Crippen LogP contribution in [0.15, 0.2) is 42.5 Å². The first-order chi connectivity index (χ1) is 13.5. The summed E-state index contributed by atoms with van der Waals surface area (Å²) in [5.41, 5.74) is 4.82. The van der Waals surface area contributed by atoms with Gasteiger partial charge in [-0.15, -0.1) is 0 Å². The van der Waals surface area contributed by atoms with Gasteiger partial charge in [-0.05, 0) is 55.9 Å². The molecule has 3 rings (SSSR count). The molecule has 2 nitrogen and oxygen atoms in total. The molecule has 1 radical (unpaired) electrons. The summed E-state index contributed by atoms with van der Waals surface area (Å²) in [5.74, 6) is 0.383. The third-order valence-corrected chi connectivity index (χ3v) is 6.93. The molecule has 1 saturated heterocycles. The molecule has 1 aliphatic heterocycles. The van der Waals surface area contributed by atoms with E-state index in [4.69, 9.17) is 11.6 Å². The molecule has 2 aromatic rings. The zero-order valence-electron chi connectivity index (χ0n) is 18.1. The smallest absolute Gasteiger partial charge is 0.194 e. The quantitative estimate of drug-likeness (QED) is 0.435. The number of aryl methyl sites for hydroxylation is 2. The van der Waals surface area contributed by atoms with Crippen LogP contribution in [-0.2, 0) is 50.5 Å². The third-order valence-electron chi connectivity index (χ3n) is 6.56. The molecule has 4 heteroatoms. The van der Waals surface area contributed by atoms with Crippen molar-refractivity contribution in [3.63, 3.8) is 0 Å². The number of hydrogen-bond acceptors (Lipinski definition) is 1. The molecule has 0 saturated carbocycles. The Morgan fingerprint density at radius 2 is 1.62 bits per heavy atom. The number of carbonyl (C=O) groups excluding carboxylic acids is 1. The van der Waals surface area contributed by atoms with Gasteiger partial charge in [0.2, 0.25) is 0 Å². The normalized spacial score (nSPS) is 16.7. The summed E-state index contributed by atoms with van der Waals surface area (Å²) >= 11 is 6.51. The molecular weight excluding hydrogens is 455 g/mol. The van der Waals surface area contributed by atoms with Crippen LogP contribution in [0, 0.1) is 13.8 Å². The van der Waals surface area contributed by atoms with Crippen molar-refractivity contribution in [2.24, 2.45) is 0 Å². The minimum Gasteiger partial charge on any atom is -0.311 e. The van der Waals surface area contributed by atoms with Crippen molar-refractivity contribution in [1.82, 2.24) is 0 Å². The van der Waals surface area contributed by atoms with Crippen molar-refractivity contribution < 1.29 is 42.0 Å². The first kappa shape index (κ1) is 24.7. The standard InChI is InChI=1S/C25H33ClNO.Y/c1-4-24(25(28)17-22-19(2)11-10-12-20(22)3)27(15-8-5-9-16-27)18-21-13-6-7-14-23(21)26;/h6-7,10-14,24H,4-5,8-9,15-18H2,1-3H3;/q+1;. The van der Waals surface area contributed by atoms with E-state index in [0.29, 0.717) is 12.2 Å². The fourth-order valence-electron chi connectivity index (χ4n) is 5.03. The van der Waals surface area contributed by atoms with Crippen molar-refractivity contribution in [2.45, 2.75) is 65.5 Å². The molecule has 153 valence electrons. The molecule has 0 aliphatic carbocycles. The molecule has 0 aromatic heterocycles. The fraction of sp³-hybridized carbons (Fsp3) is 0.480.